The zero-order valence-electron chi connectivity index (χ0n) is 15.9. The molecule has 2 unspecified atom stereocenters. The fourth-order valence-corrected chi connectivity index (χ4v) is 4.16. The molecule has 0 spiro atoms. The van der Waals surface area contributed by atoms with Crippen LogP contribution in [0.25, 0.3) is 0 Å². The van der Waals surface area contributed by atoms with Gasteiger partial charge in [0, 0.05) is 46.9 Å². The molecule has 2 aromatic carbocycles. The quantitative estimate of drug-likeness (QED) is 0.666. The maximum atomic E-state index is 12.6. The van der Waals surface area contributed by atoms with Crippen molar-refractivity contribution in [2.24, 2.45) is 5.73 Å². The molecule has 0 aromatic heterocycles. The van der Waals surface area contributed by atoms with Gasteiger partial charge in [-0.3, -0.25) is 4.79 Å². The second kappa shape index (κ2) is 9.67. The number of nitrogens with two attached hydrogens (primary N) is 1. The van der Waals surface area contributed by atoms with Crippen molar-refractivity contribution in [3.05, 3.63) is 57.6 Å². The van der Waals surface area contributed by atoms with Crippen molar-refractivity contribution in [2.45, 2.75) is 32.0 Å². The van der Waals surface area contributed by atoms with Gasteiger partial charge >= 0.3 is 5.97 Å². The monoisotopic (exact) mass is 457 g/mol. The lowest BCUT2D eigenvalue weighted by Gasteiger charge is -2.39. The molecule has 156 valence electrons. The van der Waals surface area contributed by atoms with Crippen LogP contribution < -0.4 is 16.0 Å². The SMILES string of the molecule is COC(=O)C1CC(N(C(C)=O)c2ccc(CN)cc2)c2c(Cl)cc(Cl)cc2N1.Cl. The molecule has 6 nitrogen and oxygen atoms in total. The van der Waals surface area contributed by atoms with Gasteiger partial charge in [0.2, 0.25) is 5.91 Å². The minimum Gasteiger partial charge on any atom is -0.467 e. The Morgan fingerprint density at radius 1 is 1.24 bits per heavy atom. The molecule has 0 radical (unpaired) electrons. The predicted octanol–water partition coefficient (Wildman–Crippen LogP) is 4.33. The van der Waals surface area contributed by atoms with E-state index in [1.54, 1.807) is 17.0 Å². The number of anilines is 2. The van der Waals surface area contributed by atoms with Gasteiger partial charge in [-0.15, -0.1) is 12.4 Å². The number of hydrogen-bond acceptors (Lipinski definition) is 5. The van der Waals surface area contributed by atoms with Crippen LogP contribution in [-0.2, 0) is 20.9 Å². The number of hydrogen-bond donors (Lipinski definition) is 2. The number of halogens is 3. The third-order valence-corrected chi connectivity index (χ3v) is 5.33. The van der Waals surface area contributed by atoms with E-state index in [0.717, 1.165) is 5.56 Å². The Bertz CT molecular complexity index is 906. The Morgan fingerprint density at radius 2 is 1.90 bits per heavy atom. The summed E-state index contributed by atoms with van der Waals surface area (Å²) in [5, 5.41) is 3.98. The maximum absolute atomic E-state index is 12.6. The third-order valence-electron chi connectivity index (χ3n) is 4.80. The lowest BCUT2D eigenvalue weighted by molar-refractivity contribution is -0.142. The fraction of sp³-hybridized carbons (Fsp3) is 0.300. The molecule has 0 saturated heterocycles. The first-order valence-electron chi connectivity index (χ1n) is 8.77. The third kappa shape index (κ3) is 4.78. The van der Waals surface area contributed by atoms with E-state index < -0.39 is 18.1 Å². The van der Waals surface area contributed by atoms with Crippen LogP contribution in [0.15, 0.2) is 36.4 Å². The van der Waals surface area contributed by atoms with Crippen LogP contribution in [0.4, 0.5) is 11.4 Å². The number of fused-ring (bicyclic) bond motifs is 1. The van der Waals surface area contributed by atoms with Crippen molar-refractivity contribution < 1.29 is 14.3 Å². The highest BCUT2D eigenvalue weighted by Crippen LogP contribution is 2.44. The molecule has 1 amide bonds. The van der Waals surface area contributed by atoms with Gasteiger partial charge in [0.25, 0.3) is 0 Å². The van der Waals surface area contributed by atoms with Crippen molar-refractivity contribution in [3.8, 4) is 0 Å². The van der Waals surface area contributed by atoms with Crippen molar-refractivity contribution in [2.75, 3.05) is 17.3 Å². The van der Waals surface area contributed by atoms with E-state index in [0.29, 0.717) is 39.9 Å². The molecular weight excluding hydrogens is 437 g/mol. The van der Waals surface area contributed by atoms with E-state index in [1.165, 1.54) is 14.0 Å². The van der Waals surface area contributed by atoms with Crippen LogP contribution in [0, 0.1) is 0 Å². The highest BCUT2D eigenvalue weighted by atomic mass is 35.5. The van der Waals surface area contributed by atoms with Crippen LogP contribution in [-0.4, -0.2) is 25.0 Å². The van der Waals surface area contributed by atoms with Crippen molar-refractivity contribution in [1.82, 2.24) is 0 Å². The number of esters is 1. The average Bonchev–Trinajstić information content (AvgIpc) is 2.66. The summed E-state index contributed by atoms with van der Waals surface area (Å²) in [6, 6.07) is 9.63. The summed E-state index contributed by atoms with van der Waals surface area (Å²) < 4.78 is 4.90. The first-order chi connectivity index (χ1) is 13.3. The first kappa shape index (κ1) is 23.3. The summed E-state index contributed by atoms with van der Waals surface area (Å²) in [6.07, 6.45) is 0.305. The standard InChI is InChI=1S/C20H21Cl2N3O3.ClH/c1-11(26)25(14-5-3-12(10-23)4-6-14)18-9-17(20(27)28-2)24-16-8-13(21)7-15(22)19(16)18;/h3-8,17-18,24H,9-10,23H2,1-2H3;1H. The van der Waals surface area contributed by atoms with Crippen LogP contribution in [0.1, 0.15) is 30.5 Å². The number of carbonyl (C=O) groups is 2. The van der Waals surface area contributed by atoms with Gasteiger partial charge in [-0.1, -0.05) is 35.3 Å². The minimum absolute atomic E-state index is 0. The highest BCUT2D eigenvalue weighted by molar-refractivity contribution is 6.35. The first-order valence-corrected chi connectivity index (χ1v) is 9.53. The number of carbonyl (C=O) groups excluding carboxylic acids is 2. The summed E-state index contributed by atoms with van der Waals surface area (Å²) in [7, 11) is 1.33. The molecule has 1 aliphatic heterocycles. The van der Waals surface area contributed by atoms with E-state index in [2.05, 4.69) is 5.32 Å². The van der Waals surface area contributed by atoms with Gasteiger partial charge in [0.1, 0.15) is 6.04 Å². The Morgan fingerprint density at radius 3 is 2.45 bits per heavy atom. The fourth-order valence-electron chi connectivity index (χ4n) is 3.54. The molecule has 0 bridgehead atoms. The smallest absolute Gasteiger partial charge is 0.328 e. The number of nitrogens with one attached hydrogen (secondary N) is 1. The lowest BCUT2D eigenvalue weighted by atomic mass is 9.90. The molecular formula is C20H22Cl3N3O3. The molecule has 1 aliphatic rings. The molecule has 3 rings (SSSR count). The maximum Gasteiger partial charge on any atom is 0.328 e. The van der Waals surface area contributed by atoms with E-state index in [-0.39, 0.29) is 18.3 Å². The summed E-state index contributed by atoms with van der Waals surface area (Å²) in [5.74, 6) is -0.596. The van der Waals surface area contributed by atoms with Crippen molar-refractivity contribution >= 4 is 58.9 Å². The van der Waals surface area contributed by atoms with Gasteiger partial charge in [0.05, 0.1) is 13.2 Å². The summed E-state index contributed by atoms with van der Waals surface area (Å²) in [4.78, 5) is 26.5. The Kier molecular flexibility index (Phi) is 7.77. The second-order valence-electron chi connectivity index (χ2n) is 6.58. The predicted molar refractivity (Wildman–Crippen MR) is 118 cm³/mol. The Balaban J connectivity index is 0.00000300. The number of methoxy groups -OCH3 is 1. The number of rotatable bonds is 4. The molecule has 0 fully saturated rings. The van der Waals surface area contributed by atoms with E-state index in [9.17, 15) is 9.59 Å². The molecule has 0 saturated carbocycles. The van der Waals surface area contributed by atoms with Gasteiger partial charge in [-0.2, -0.15) is 0 Å². The molecule has 1 heterocycles. The van der Waals surface area contributed by atoms with Gasteiger partial charge in [0.15, 0.2) is 0 Å². The van der Waals surface area contributed by atoms with Crippen LogP contribution in [0.5, 0.6) is 0 Å². The van der Waals surface area contributed by atoms with Gasteiger partial charge in [-0.05, 0) is 29.8 Å². The average molecular weight is 459 g/mol. The molecule has 9 heteroatoms. The topological polar surface area (TPSA) is 84.7 Å². The zero-order valence-corrected chi connectivity index (χ0v) is 18.3. The Hall–Kier alpha value is -1.99. The van der Waals surface area contributed by atoms with Gasteiger partial charge in [-0.25, -0.2) is 4.79 Å². The van der Waals surface area contributed by atoms with E-state index in [1.807, 2.05) is 24.3 Å². The molecule has 2 atom stereocenters. The summed E-state index contributed by atoms with van der Waals surface area (Å²) in [5.41, 5.74) is 8.64. The summed E-state index contributed by atoms with van der Waals surface area (Å²) >= 11 is 12.6. The molecule has 3 N–H and O–H groups in total. The van der Waals surface area contributed by atoms with Crippen LogP contribution in [0.3, 0.4) is 0 Å². The van der Waals surface area contributed by atoms with Crippen molar-refractivity contribution in [3.63, 3.8) is 0 Å². The largest absolute Gasteiger partial charge is 0.467 e. The van der Waals surface area contributed by atoms with Gasteiger partial charge < -0.3 is 20.7 Å². The normalized spacial score (nSPS) is 17.4. The van der Waals surface area contributed by atoms with Crippen LogP contribution >= 0.6 is 35.6 Å². The second-order valence-corrected chi connectivity index (χ2v) is 7.42. The summed E-state index contributed by atoms with van der Waals surface area (Å²) in [6.45, 7) is 1.89. The number of benzene rings is 2. The van der Waals surface area contributed by atoms with Crippen molar-refractivity contribution in [1.29, 1.82) is 0 Å². The van der Waals surface area contributed by atoms with Crippen LogP contribution in [0.2, 0.25) is 10.0 Å². The van der Waals surface area contributed by atoms with E-state index >= 15 is 0 Å². The minimum atomic E-state index is -0.637. The number of nitrogens with zero attached hydrogens (tertiary/aromatic N) is 1. The number of amides is 1. The zero-order chi connectivity index (χ0) is 20.4. The van der Waals surface area contributed by atoms with E-state index in [4.69, 9.17) is 33.7 Å². The Labute approximate surface area is 185 Å². The molecule has 29 heavy (non-hydrogen) atoms. The lowest BCUT2D eigenvalue weighted by Crippen LogP contribution is -2.43. The highest BCUT2D eigenvalue weighted by Gasteiger charge is 2.38. The number of ether oxygens (including phenoxy) is 1. The molecule has 2 aromatic rings. The molecule has 0 aliphatic carbocycles.